The first kappa shape index (κ1) is 18.0. The molecule has 4 rings (SSSR count). The van der Waals surface area contributed by atoms with Crippen LogP contribution in [0.5, 0.6) is 0 Å². The summed E-state index contributed by atoms with van der Waals surface area (Å²) in [5.41, 5.74) is 2.11. The third-order valence-electron chi connectivity index (χ3n) is 5.66. The number of anilines is 1. The van der Waals surface area contributed by atoms with Crippen molar-refractivity contribution in [2.45, 2.75) is 63.8 Å². The van der Waals surface area contributed by atoms with Crippen molar-refractivity contribution in [1.29, 1.82) is 0 Å². The van der Waals surface area contributed by atoms with Crippen LogP contribution in [0.3, 0.4) is 0 Å². The average Bonchev–Trinajstić information content (AvgIpc) is 3.05. The van der Waals surface area contributed by atoms with Gasteiger partial charge in [-0.2, -0.15) is 4.98 Å². The highest BCUT2D eigenvalue weighted by molar-refractivity contribution is 5.90. The maximum Gasteiger partial charge on any atom is 0.316 e. The topological polar surface area (TPSA) is 71.3 Å². The molecule has 2 heterocycles. The van der Waals surface area contributed by atoms with E-state index in [9.17, 15) is 4.79 Å². The number of rotatable bonds is 4. The standard InChI is InChI=1S/C21H28N4O2/c26-20(22-17-8-4-3-5-9-17)21-23-19(24-27-21)16-10-12-18(13-11-16)25-14-6-1-2-7-15-25/h10-13,17H,1-9,14-15H2,(H,22,26). The van der Waals surface area contributed by atoms with E-state index < -0.39 is 0 Å². The van der Waals surface area contributed by atoms with Gasteiger partial charge >= 0.3 is 11.8 Å². The van der Waals surface area contributed by atoms with E-state index in [2.05, 4.69) is 32.5 Å². The second-order valence-corrected chi connectivity index (χ2v) is 7.68. The minimum atomic E-state index is -0.262. The Hall–Kier alpha value is -2.37. The molecule has 6 heteroatoms. The zero-order valence-electron chi connectivity index (χ0n) is 15.8. The van der Waals surface area contributed by atoms with Gasteiger partial charge in [0.1, 0.15) is 0 Å². The summed E-state index contributed by atoms with van der Waals surface area (Å²) < 4.78 is 5.20. The summed E-state index contributed by atoms with van der Waals surface area (Å²) in [6, 6.07) is 8.47. The number of aromatic nitrogens is 2. The fourth-order valence-corrected chi connectivity index (χ4v) is 4.08. The van der Waals surface area contributed by atoms with Gasteiger partial charge in [-0.05, 0) is 49.9 Å². The minimum Gasteiger partial charge on any atom is -0.372 e. The van der Waals surface area contributed by atoms with Crippen molar-refractivity contribution in [3.8, 4) is 11.4 Å². The van der Waals surface area contributed by atoms with E-state index in [0.717, 1.165) is 31.5 Å². The highest BCUT2D eigenvalue weighted by Gasteiger charge is 2.21. The lowest BCUT2D eigenvalue weighted by atomic mass is 9.95. The van der Waals surface area contributed by atoms with E-state index in [-0.39, 0.29) is 17.8 Å². The molecule has 1 aromatic heterocycles. The third-order valence-corrected chi connectivity index (χ3v) is 5.66. The molecule has 1 amide bonds. The van der Waals surface area contributed by atoms with Gasteiger partial charge in [-0.15, -0.1) is 0 Å². The van der Waals surface area contributed by atoms with Crippen molar-refractivity contribution in [3.63, 3.8) is 0 Å². The van der Waals surface area contributed by atoms with Gasteiger partial charge in [0.2, 0.25) is 5.82 Å². The van der Waals surface area contributed by atoms with Crippen LogP contribution in [0, 0.1) is 0 Å². The predicted octanol–water partition coefficient (Wildman–Crippen LogP) is 4.18. The first-order valence-electron chi connectivity index (χ1n) is 10.3. The zero-order valence-corrected chi connectivity index (χ0v) is 15.8. The first-order valence-corrected chi connectivity index (χ1v) is 10.3. The summed E-state index contributed by atoms with van der Waals surface area (Å²) in [6.07, 6.45) is 10.8. The summed E-state index contributed by atoms with van der Waals surface area (Å²) in [4.78, 5) is 19.1. The van der Waals surface area contributed by atoms with Crippen molar-refractivity contribution < 1.29 is 9.32 Å². The van der Waals surface area contributed by atoms with Gasteiger partial charge in [0.15, 0.2) is 0 Å². The van der Waals surface area contributed by atoms with Crippen LogP contribution >= 0.6 is 0 Å². The number of hydrogen-bond acceptors (Lipinski definition) is 5. The van der Waals surface area contributed by atoms with Crippen LogP contribution in [0.15, 0.2) is 28.8 Å². The Morgan fingerprint density at radius 1 is 0.963 bits per heavy atom. The molecule has 1 saturated carbocycles. The SMILES string of the molecule is O=C(NC1CCCCC1)c1nc(-c2ccc(N3CCCCCC3)cc2)no1. The molecule has 0 atom stereocenters. The molecule has 1 aromatic carbocycles. The maximum atomic E-state index is 12.3. The lowest BCUT2D eigenvalue weighted by Gasteiger charge is -2.22. The molecular formula is C21H28N4O2. The van der Waals surface area contributed by atoms with E-state index in [0.29, 0.717) is 5.82 Å². The van der Waals surface area contributed by atoms with Crippen LogP contribution in [-0.2, 0) is 0 Å². The molecule has 1 N–H and O–H groups in total. The summed E-state index contributed by atoms with van der Waals surface area (Å²) in [7, 11) is 0. The Bertz CT molecular complexity index is 742. The second-order valence-electron chi connectivity index (χ2n) is 7.68. The number of benzene rings is 1. The molecule has 1 aliphatic carbocycles. The fourth-order valence-electron chi connectivity index (χ4n) is 4.08. The molecule has 0 unspecified atom stereocenters. The number of nitrogens with one attached hydrogen (secondary N) is 1. The zero-order chi connectivity index (χ0) is 18.5. The number of carbonyl (C=O) groups is 1. The van der Waals surface area contributed by atoms with E-state index >= 15 is 0 Å². The van der Waals surface area contributed by atoms with Gasteiger partial charge in [0, 0.05) is 30.4 Å². The van der Waals surface area contributed by atoms with Gasteiger partial charge in [-0.25, -0.2) is 0 Å². The largest absolute Gasteiger partial charge is 0.372 e. The molecule has 1 aliphatic heterocycles. The number of hydrogen-bond donors (Lipinski definition) is 1. The molecule has 0 bridgehead atoms. The van der Waals surface area contributed by atoms with Crippen LogP contribution in [0.4, 0.5) is 5.69 Å². The van der Waals surface area contributed by atoms with Crippen molar-refractivity contribution in [2.24, 2.45) is 0 Å². The molecule has 2 fully saturated rings. The molecule has 0 radical (unpaired) electrons. The van der Waals surface area contributed by atoms with E-state index in [1.807, 2.05) is 12.1 Å². The molecule has 144 valence electrons. The highest BCUT2D eigenvalue weighted by atomic mass is 16.5. The predicted molar refractivity (Wildman–Crippen MR) is 105 cm³/mol. The highest BCUT2D eigenvalue weighted by Crippen LogP contribution is 2.24. The molecular weight excluding hydrogens is 340 g/mol. The van der Waals surface area contributed by atoms with Crippen molar-refractivity contribution in [2.75, 3.05) is 18.0 Å². The second kappa shape index (κ2) is 8.55. The molecule has 2 aliphatic rings. The molecule has 0 spiro atoms. The summed E-state index contributed by atoms with van der Waals surface area (Å²) in [6.45, 7) is 2.24. The Kier molecular flexibility index (Phi) is 5.70. The summed E-state index contributed by atoms with van der Waals surface area (Å²) in [5.74, 6) is 0.250. The normalized spacial score (nSPS) is 18.9. The maximum absolute atomic E-state index is 12.3. The van der Waals surface area contributed by atoms with Gasteiger partial charge in [0.05, 0.1) is 0 Å². The van der Waals surface area contributed by atoms with Gasteiger partial charge in [-0.3, -0.25) is 4.79 Å². The lowest BCUT2D eigenvalue weighted by Crippen LogP contribution is -2.36. The van der Waals surface area contributed by atoms with Crippen molar-refractivity contribution >= 4 is 11.6 Å². The van der Waals surface area contributed by atoms with Gasteiger partial charge in [-0.1, -0.05) is 37.3 Å². The molecule has 27 heavy (non-hydrogen) atoms. The van der Waals surface area contributed by atoms with Gasteiger partial charge in [0.25, 0.3) is 0 Å². The Morgan fingerprint density at radius 2 is 1.63 bits per heavy atom. The fraction of sp³-hybridized carbons (Fsp3) is 0.571. The van der Waals surface area contributed by atoms with Crippen LogP contribution in [0.1, 0.15) is 68.5 Å². The molecule has 6 nitrogen and oxygen atoms in total. The Morgan fingerprint density at radius 3 is 2.33 bits per heavy atom. The lowest BCUT2D eigenvalue weighted by molar-refractivity contribution is 0.0883. The third kappa shape index (κ3) is 4.49. The monoisotopic (exact) mass is 368 g/mol. The van der Waals surface area contributed by atoms with Crippen LogP contribution in [-0.4, -0.2) is 35.2 Å². The number of nitrogens with zero attached hydrogens (tertiary/aromatic N) is 3. The van der Waals surface area contributed by atoms with Crippen LogP contribution in [0.2, 0.25) is 0 Å². The smallest absolute Gasteiger partial charge is 0.316 e. The minimum absolute atomic E-state index is 0.0483. The number of carbonyl (C=O) groups excluding carboxylic acids is 1. The first-order chi connectivity index (χ1) is 13.3. The van der Waals surface area contributed by atoms with E-state index in [4.69, 9.17) is 4.52 Å². The molecule has 1 saturated heterocycles. The van der Waals surface area contributed by atoms with Crippen LogP contribution < -0.4 is 10.2 Å². The van der Waals surface area contributed by atoms with E-state index in [1.165, 1.54) is 50.6 Å². The molecule has 2 aromatic rings. The number of amides is 1. The van der Waals surface area contributed by atoms with Crippen molar-refractivity contribution in [1.82, 2.24) is 15.5 Å². The Labute approximate surface area is 160 Å². The summed E-state index contributed by atoms with van der Waals surface area (Å²) in [5, 5.41) is 7.01. The Balaban J connectivity index is 1.40. The van der Waals surface area contributed by atoms with Gasteiger partial charge < -0.3 is 14.7 Å². The van der Waals surface area contributed by atoms with E-state index in [1.54, 1.807) is 0 Å². The average molecular weight is 368 g/mol. The summed E-state index contributed by atoms with van der Waals surface area (Å²) >= 11 is 0. The van der Waals surface area contributed by atoms with Crippen LogP contribution in [0.25, 0.3) is 11.4 Å². The van der Waals surface area contributed by atoms with Crippen molar-refractivity contribution in [3.05, 3.63) is 30.2 Å². The quantitative estimate of drug-likeness (QED) is 0.876.